The van der Waals surface area contributed by atoms with Crippen LogP contribution < -0.4 is 14.4 Å². The quantitative estimate of drug-likeness (QED) is 0.740. The molecule has 2 aromatic rings. The molecule has 2 aromatic carbocycles. The van der Waals surface area contributed by atoms with Crippen LogP contribution in [0.1, 0.15) is 22.8 Å². The average Bonchev–Trinajstić information content (AvgIpc) is 2.93. The van der Waals surface area contributed by atoms with Crippen LogP contribution in [0.3, 0.4) is 0 Å². The Labute approximate surface area is 159 Å². The number of anilines is 1. The van der Waals surface area contributed by atoms with E-state index >= 15 is 0 Å². The number of amides is 1. The highest BCUT2D eigenvalue weighted by Gasteiger charge is 2.34. The van der Waals surface area contributed by atoms with E-state index < -0.39 is 10.8 Å². The highest BCUT2D eigenvalue weighted by molar-refractivity contribution is 7.84. The lowest BCUT2D eigenvalue weighted by Crippen LogP contribution is -2.25. The highest BCUT2D eigenvalue weighted by atomic mass is 32.2. The maximum absolute atomic E-state index is 12.8. The van der Waals surface area contributed by atoms with E-state index in [2.05, 4.69) is 0 Å². The first kappa shape index (κ1) is 18.8. The number of hydrogen-bond donors (Lipinski definition) is 0. The number of allylic oxidation sites excluding steroid dienone is 1. The van der Waals surface area contributed by atoms with Gasteiger partial charge in [-0.2, -0.15) is 0 Å². The van der Waals surface area contributed by atoms with Crippen LogP contribution in [-0.4, -0.2) is 35.2 Å². The Kier molecular flexibility index (Phi) is 5.41. The van der Waals surface area contributed by atoms with E-state index in [-0.39, 0.29) is 23.3 Å². The second-order valence-electron chi connectivity index (χ2n) is 5.98. The molecular weight excluding hydrogens is 366 g/mol. The third-order valence-electron chi connectivity index (χ3n) is 4.05. The van der Waals surface area contributed by atoms with Gasteiger partial charge in [0.05, 0.1) is 29.3 Å². The summed E-state index contributed by atoms with van der Waals surface area (Å²) in [6.45, 7) is 1.42. The second kappa shape index (κ2) is 7.75. The van der Waals surface area contributed by atoms with Gasteiger partial charge in [0.1, 0.15) is 0 Å². The molecule has 6 nitrogen and oxygen atoms in total. The van der Waals surface area contributed by atoms with Gasteiger partial charge in [-0.25, -0.2) is 0 Å². The summed E-state index contributed by atoms with van der Waals surface area (Å²) in [4.78, 5) is 26.3. The summed E-state index contributed by atoms with van der Waals surface area (Å²) < 4.78 is 22.0. The standard InChI is InChI=1S/C20H19NO5S/c1-13(22)21-16-7-5-4-6-15(16)20(23)17(21)10-14-8-9-18(19(11-14)25-2)26-12-27(3)24/h4-11H,12H2,1-3H3/b17-10-. The Bertz CT molecular complexity index is 967. The van der Waals surface area contributed by atoms with Crippen molar-refractivity contribution in [1.82, 2.24) is 0 Å². The molecule has 0 aromatic heterocycles. The molecule has 140 valence electrons. The highest BCUT2D eigenvalue weighted by Crippen LogP contribution is 2.36. The minimum atomic E-state index is -1.10. The van der Waals surface area contributed by atoms with Crippen molar-refractivity contribution in [2.45, 2.75) is 6.92 Å². The maximum atomic E-state index is 12.8. The molecule has 0 saturated heterocycles. The molecule has 0 N–H and O–H groups in total. The van der Waals surface area contributed by atoms with Crippen molar-refractivity contribution in [3.63, 3.8) is 0 Å². The van der Waals surface area contributed by atoms with Gasteiger partial charge in [0, 0.05) is 18.7 Å². The number of Topliss-reactive ketones (excluding diaryl/α,β-unsaturated/α-hetero) is 1. The lowest BCUT2D eigenvalue weighted by atomic mass is 10.1. The fourth-order valence-corrected chi connectivity index (χ4v) is 3.19. The van der Waals surface area contributed by atoms with Crippen LogP contribution in [-0.2, 0) is 15.6 Å². The molecular formula is C20H19NO5S. The van der Waals surface area contributed by atoms with Gasteiger partial charge in [-0.1, -0.05) is 18.2 Å². The maximum Gasteiger partial charge on any atom is 0.228 e. The van der Waals surface area contributed by atoms with Gasteiger partial charge in [-0.3, -0.25) is 18.7 Å². The molecule has 0 spiro atoms. The largest absolute Gasteiger partial charge is 0.493 e. The summed E-state index contributed by atoms with van der Waals surface area (Å²) in [6, 6.07) is 12.1. The first-order chi connectivity index (χ1) is 12.9. The molecule has 1 aliphatic heterocycles. The lowest BCUT2D eigenvalue weighted by molar-refractivity contribution is -0.116. The predicted molar refractivity (Wildman–Crippen MR) is 104 cm³/mol. The zero-order chi connectivity index (χ0) is 19.6. The van der Waals surface area contributed by atoms with Gasteiger partial charge >= 0.3 is 0 Å². The molecule has 27 heavy (non-hydrogen) atoms. The molecule has 0 aliphatic carbocycles. The monoisotopic (exact) mass is 385 g/mol. The Morgan fingerprint density at radius 3 is 2.59 bits per heavy atom. The normalized spacial score (nSPS) is 15.6. The number of para-hydroxylation sites is 1. The molecule has 1 amide bonds. The first-order valence-corrected chi connectivity index (χ1v) is 9.92. The van der Waals surface area contributed by atoms with Crippen LogP contribution >= 0.6 is 0 Å². The minimum absolute atomic E-state index is 0.0582. The number of ketones is 1. The Balaban J connectivity index is 1.99. The van der Waals surface area contributed by atoms with Crippen molar-refractivity contribution in [2.75, 3.05) is 24.2 Å². The molecule has 1 atom stereocenters. The zero-order valence-electron chi connectivity index (χ0n) is 15.2. The summed E-state index contributed by atoms with van der Waals surface area (Å²) in [5, 5.41) is 0. The fraction of sp³-hybridized carbons (Fsp3) is 0.200. The summed E-state index contributed by atoms with van der Waals surface area (Å²) in [7, 11) is 0.399. The summed E-state index contributed by atoms with van der Waals surface area (Å²) in [5.41, 5.74) is 2.04. The van der Waals surface area contributed by atoms with Crippen molar-refractivity contribution in [3.8, 4) is 11.5 Å². The lowest BCUT2D eigenvalue weighted by Gasteiger charge is -2.16. The van der Waals surface area contributed by atoms with Crippen molar-refractivity contribution >= 4 is 34.3 Å². The Morgan fingerprint density at radius 1 is 1.19 bits per heavy atom. The van der Waals surface area contributed by atoms with E-state index in [1.54, 1.807) is 54.8 Å². The molecule has 0 fully saturated rings. The number of fused-ring (bicyclic) bond motifs is 1. The molecule has 7 heteroatoms. The van der Waals surface area contributed by atoms with Crippen LogP contribution in [0.4, 0.5) is 5.69 Å². The van der Waals surface area contributed by atoms with Crippen LogP contribution in [0.25, 0.3) is 6.08 Å². The third-order valence-corrected chi connectivity index (χ3v) is 4.50. The smallest absolute Gasteiger partial charge is 0.228 e. The molecule has 3 rings (SSSR count). The molecule has 0 bridgehead atoms. The van der Waals surface area contributed by atoms with Crippen LogP contribution in [0.15, 0.2) is 48.2 Å². The Morgan fingerprint density at radius 2 is 1.93 bits per heavy atom. The molecule has 1 heterocycles. The molecule has 0 radical (unpaired) electrons. The summed E-state index contributed by atoms with van der Waals surface area (Å²) in [5.74, 6) is 0.521. The van der Waals surface area contributed by atoms with E-state index in [0.717, 1.165) is 0 Å². The van der Waals surface area contributed by atoms with E-state index in [1.165, 1.54) is 18.9 Å². The third kappa shape index (κ3) is 3.78. The predicted octanol–water partition coefficient (Wildman–Crippen LogP) is 3.00. The van der Waals surface area contributed by atoms with E-state index in [1.807, 2.05) is 0 Å². The molecule has 1 unspecified atom stereocenters. The molecule has 0 saturated carbocycles. The van der Waals surface area contributed by atoms with E-state index in [4.69, 9.17) is 9.47 Å². The van der Waals surface area contributed by atoms with Crippen molar-refractivity contribution in [1.29, 1.82) is 0 Å². The van der Waals surface area contributed by atoms with Crippen LogP contribution in [0, 0.1) is 0 Å². The van der Waals surface area contributed by atoms with Crippen molar-refractivity contribution in [2.24, 2.45) is 0 Å². The van der Waals surface area contributed by atoms with E-state index in [0.29, 0.717) is 28.3 Å². The topological polar surface area (TPSA) is 72.9 Å². The van der Waals surface area contributed by atoms with Gasteiger partial charge in [-0.05, 0) is 35.9 Å². The summed E-state index contributed by atoms with van der Waals surface area (Å²) >= 11 is 0. The van der Waals surface area contributed by atoms with E-state index in [9.17, 15) is 13.8 Å². The number of ether oxygens (including phenoxy) is 2. The first-order valence-electron chi connectivity index (χ1n) is 8.19. The number of hydrogen-bond acceptors (Lipinski definition) is 5. The van der Waals surface area contributed by atoms with Gasteiger partial charge in [0.2, 0.25) is 11.7 Å². The van der Waals surface area contributed by atoms with Gasteiger partial charge < -0.3 is 9.47 Å². The van der Waals surface area contributed by atoms with Gasteiger partial charge in [0.15, 0.2) is 17.4 Å². The zero-order valence-corrected chi connectivity index (χ0v) is 16.0. The second-order valence-corrected chi connectivity index (χ2v) is 7.36. The SMILES string of the molecule is COc1cc(/C=C2/C(=O)c3ccccc3N2C(C)=O)ccc1OCS(C)=O. The minimum Gasteiger partial charge on any atom is -0.493 e. The van der Waals surface area contributed by atoms with Gasteiger partial charge in [0.25, 0.3) is 0 Å². The molecule has 1 aliphatic rings. The fourth-order valence-electron chi connectivity index (χ4n) is 2.90. The number of methoxy groups -OCH3 is 1. The van der Waals surface area contributed by atoms with Crippen LogP contribution in [0.2, 0.25) is 0 Å². The van der Waals surface area contributed by atoms with Crippen molar-refractivity contribution in [3.05, 3.63) is 59.3 Å². The number of rotatable bonds is 5. The number of benzene rings is 2. The number of carbonyl (C=O) groups is 2. The average molecular weight is 385 g/mol. The Hall–Kier alpha value is -2.93. The number of carbonyl (C=O) groups excluding carboxylic acids is 2. The van der Waals surface area contributed by atoms with Crippen LogP contribution in [0.5, 0.6) is 11.5 Å². The number of nitrogens with zero attached hydrogens (tertiary/aromatic N) is 1. The van der Waals surface area contributed by atoms with Crippen molar-refractivity contribution < 1.29 is 23.3 Å². The summed E-state index contributed by atoms with van der Waals surface area (Å²) in [6.07, 6.45) is 3.19. The van der Waals surface area contributed by atoms with Gasteiger partial charge in [-0.15, -0.1) is 0 Å².